The molecule has 1 atom stereocenters. The number of aromatic nitrogens is 3. The van der Waals surface area contributed by atoms with Crippen molar-refractivity contribution in [2.75, 3.05) is 6.61 Å². The van der Waals surface area contributed by atoms with Crippen molar-refractivity contribution in [1.29, 1.82) is 0 Å². The molecule has 0 bridgehead atoms. The standard InChI is InChI=1S/C18H23N5O2/c24-18(22-15-3-4-16-14(8-15)10-21-23-16)20-9-13-5-6-19-17(7-13)25-11-12-1-2-12/h5-7,10,12,15H,1-4,8-9,11H2,(H,21,23)(H2,20,22,24). The highest BCUT2D eigenvalue weighted by molar-refractivity contribution is 5.74. The van der Waals surface area contributed by atoms with Crippen molar-refractivity contribution in [1.82, 2.24) is 25.8 Å². The Morgan fingerprint density at radius 2 is 2.28 bits per heavy atom. The van der Waals surface area contributed by atoms with E-state index in [2.05, 4.69) is 25.8 Å². The highest BCUT2D eigenvalue weighted by atomic mass is 16.5. The summed E-state index contributed by atoms with van der Waals surface area (Å²) in [5.74, 6) is 1.33. The number of carbonyl (C=O) groups is 1. The number of amides is 2. The zero-order chi connectivity index (χ0) is 17.1. The minimum atomic E-state index is -0.144. The first-order chi connectivity index (χ1) is 12.3. The number of aryl methyl sites for hydroxylation is 1. The van der Waals surface area contributed by atoms with Crippen molar-refractivity contribution in [2.24, 2.45) is 5.92 Å². The summed E-state index contributed by atoms with van der Waals surface area (Å²) in [6.07, 6.45) is 8.75. The van der Waals surface area contributed by atoms with Gasteiger partial charge in [-0.25, -0.2) is 9.78 Å². The van der Waals surface area contributed by atoms with Crippen LogP contribution in [0.2, 0.25) is 0 Å². The summed E-state index contributed by atoms with van der Waals surface area (Å²) in [6, 6.07) is 3.79. The number of ether oxygens (including phenoxy) is 1. The van der Waals surface area contributed by atoms with Gasteiger partial charge in [0, 0.05) is 30.5 Å². The summed E-state index contributed by atoms with van der Waals surface area (Å²) in [4.78, 5) is 16.4. The molecule has 0 radical (unpaired) electrons. The molecule has 2 aliphatic carbocycles. The van der Waals surface area contributed by atoms with E-state index in [1.165, 1.54) is 24.1 Å². The van der Waals surface area contributed by atoms with Crippen LogP contribution in [0.15, 0.2) is 24.5 Å². The highest BCUT2D eigenvalue weighted by Gasteiger charge is 2.22. The van der Waals surface area contributed by atoms with Gasteiger partial charge in [0.2, 0.25) is 5.88 Å². The Morgan fingerprint density at radius 1 is 1.36 bits per heavy atom. The molecule has 7 heteroatoms. The maximum absolute atomic E-state index is 12.2. The van der Waals surface area contributed by atoms with Crippen LogP contribution < -0.4 is 15.4 Å². The summed E-state index contributed by atoms with van der Waals surface area (Å²) >= 11 is 0. The lowest BCUT2D eigenvalue weighted by molar-refractivity contribution is 0.235. The van der Waals surface area contributed by atoms with Gasteiger partial charge in [-0.3, -0.25) is 5.10 Å². The molecule has 2 aliphatic rings. The average molecular weight is 341 g/mol. The molecule has 1 unspecified atom stereocenters. The van der Waals surface area contributed by atoms with Crippen molar-refractivity contribution in [3.05, 3.63) is 41.3 Å². The number of nitrogens with zero attached hydrogens (tertiary/aromatic N) is 2. The molecule has 0 aliphatic heterocycles. The number of carbonyl (C=O) groups excluding carboxylic acids is 1. The molecule has 1 saturated carbocycles. The lowest BCUT2D eigenvalue weighted by Crippen LogP contribution is -2.44. The minimum Gasteiger partial charge on any atom is -0.477 e. The molecule has 2 aromatic rings. The Hall–Kier alpha value is -2.57. The first-order valence-electron chi connectivity index (χ1n) is 8.89. The molecule has 1 fully saturated rings. The zero-order valence-corrected chi connectivity index (χ0v) is 14.1. The zero-order valence-electron chi connectivity index (χ0n) is 14.1. The van der Waals surface area contributed by atoms with Gasteiger partial charge in [0.15, 0.2) is 0 Å². The monoisotopic (exact) mass is 341 g/mol. The van der Waals surface area contributed by atoms with E-state index in [-0.39, 0.29) is 12.1 Å². The fourth-order valence-electron chi connectivity index (χ4n) is 3.09. The second kappa shape index (κ2) is 7.13. The topological polar surface area (TPSA) is 91.9 Å². The lowest BCUT2D eigenvalue weighted by Gasteiger charge is -2.23. The van der Waals surface area contributed by atoms with Crippen LogP contribution >= 0.6 is 0 Å². The second-order valence-corrected chi connectivity index (χ2v) is 6.90. The van der Waals surface area contributed by atoms with Gasteiger partial charge in [0.1, 0.15) is 0 Å². The van der Waals surface area contributed by atoms with E-state index in [1.807, 2.05) is 18.3 Å². The van der Waals surface area contributed by atoms with Crippen molar-refractivity contribution in [3.8, 4) is 5.88 Å². The largest absolute Gasteiger partial charge is 0.477 e. The summed E-state index contributed by atoms with van der Waals surface area (Å²) in [7, 11) is 0. The van der Waals surface area contributed by atoms with Crippen LogP contribution in [0, 0.1) is 5.92 Å². The van der Waals surface area contributed by atoms with Gasteiger partial charge in [-0.05, 0) is 55.2 Å². The molecule has 4 rings (SSSR count). The Labute approximate surface area is 146 Å². The van der Waals surface area contributed by atoms with Crippen LogP contribution in [0.25, 0.3) is 0 Å². The molecule has 2 aromatic heterocycles. The van der Waals surface area contributed by atoms with E-state index in [9.17, 15) is 4.79 Å². The van der Waals surface area contributed by atoms with E-state index in [0.717, 1.165) is 31.4 Å². The molecule has 0 saturated heterocycles. The van der Waals surface area contributed by atoms with Gasteiger partial charge < -0.3 is 15.4 Å². The maximum Gasteiger partial charge on any atom is 0.315 e. The third kappa shape index (κ3) is 4.29. The molecule has 7 nitrogen and oxygen atoms in total. The molecule has 132 valence electrons. The molecule has 25 heavy (non-hydrogen) atoms. The molecule has 3 N–H and O–H groups in total. The highest BCUT2D eigenvalue weighted by Crippen LogP contribution is 2.29. The number of aromatic amines is 1. The SMILES string of the molecule is O=C(NCc1ccnc(OCC2CC2)c1)NC1CCc2[nH]ncc2C1. The van der Waals surface area contributed by atoms with Crippen molar-refractivity contribution in [2.45, 2.75) is 44.7 Å². The van der Waals surface area contributed by atoms with Crippen molar-refractivity contribution >= 4 is 6.03 Å². The Bertz CT molecular complexity index is 741. The smallest absolute Gasteiger partial charge is 0.315 e. The number of nitrogens with one attached hydrogen (secondary N) is 3. The van der Waals surface area contributed by atoms with Crippen LogP contribution in [-0.4, -0.2) is 33.9 Å². The van der Waals surface area contributed by atoms with Crippen molar-refractivity contribution in [3.63, 3.8) is 0 Å². The second-order valence-electron chi connectivity index (χ2n) is 6.90. The Balaban J connectivity index is 1.24. The Kier molecular flexibility index (Phi) is 4.54. The number of H-pyrrole nitrogens is 1. The van der Waals surface area contributed by atoms with Gasteiger partial charge in [0.25, 0.3) is 0 Å². The number of pyridine rings is 1. The molecule has 0 spiro atoms. The number of hydrogen-bond donors (Lipinski definition) is 3. The van der Waals surface area contributed by atoms with Gasteiger partial charge >= 0.3 is 6.03 Å². The van der Waals surface area contributed by atoms with E-state index < -0.39 is 0 Å². The van der Waals surface area contributed by atoms with Crippen LogP contribution in [-0.2, 0) is 19.4 Å². The number of hydrogen-bond acceptors (Lipinski definition) is 4. The third-order valence-corrected chi connectivity index (χ3v) is 4.77. The quantitative estimate of drug-likeness (QED) is 0.749. The fraction of sp³-hybridized carbons (Fsp3) is 0.500. The molecule has 2 amide bonds. The van der Waals surface area contributed by atoms with Crippen LogP contribution in [0.3, 0.4) is 0 Å². The van der Waals surface area contributed by atoms with Crippen LogP contribution in [0.4, 0.5) is 4.79 Å². The summed E-state index contributed by atoms with van der Waals surface area (Å²) in [5.41, 5.74) is 3.37. The summed E-state index contributed by atoms with van der Waals surface area (Å²) < 4.78 is 5.68. The predicted molar refractivity (Wildman–Crippen MR) is 92.2 cm³/mol. The first kappa shape index (κ1) is 15.9. The lowest BCUT2D eigenvalue weighted by atomic mass is 9.94. The van der Waals surface area contributed by atoms with E-state index in [0.29, 0.717) is 18.3 Å². The van der Waals surface area contributed by atoms with E-state index >= 15 is 0 Å². The molecule has 2 heterocycles. The Morgan fingerprint density at radius 3 is 3.16 bits per heavy atom. The van der Waals surface area contributed by atoms with Gasteiger partial charge in [-0.2, -0.15) is 5.10 Å². The van der Waals surface area contributed by atoms with Gasteiger partial charge in [0.05, 0.1) is 12.8 Å². The minimum absolute atomic E-state index is 0.144. The van der Waals surface area contributed by atoms with E-state index in [1.54, 1.807) is 6.20 Å². The number of urea groups is 1. The van der Waals surface area contributed by atoms with Gasteiger partial charge in [-0.15, -0.1) is 0 Å². The number of fused-ring (bicyclic) bond motifs is 1. The average Bonchev–Trinajstić information content (AvgIpc) is 3.34. The maximum atomic E-state index is 12.2. The van der Waals surface area contributed by atoms with Gasteiger partial charge in [-0.1, -0.05) is 0 Å². The first-order valence-corrected chi connectivity index (χ1v) is 8.89. The predicted octanol–water partition coefficient (Wildman–Crippen LogP) is 1.95. The van der Waals surface area contributed by atoms with E-state index in [4.69, 9.17) is 4.74 Å². The fourth-order valence-corrected chi connectivity index (χ4v) is 3.09. The normalized spacial score (nSPS) is 19.1. The van der Waals surface area contributed by atoms with Crippen LogP contribution in [0.1, 0.15) is 36.1 Å². The molecular weight excluding hydrogens is 318 g/mol. The van der Waals surface area contributed by atoms with Crippen LogP contribution in [0.5, 0.6) is 5.88 Å². The third-order valence-electron chi connectivity index (χ3n) is 4.77. The number of rotatable bonds is 6. The molecular formula is C18H23N5O2. The molecule has 0 aromatic carbocycles. The summed E-state index contributed by atoms with van der Waals surface area (Å²) in [5, 5.41) is 13.0. The summed E-state index contributed by atoms with van der Waals surface area (Å²) in [6.45, 7) is 1.19. The van der Waals surface area contributed by atoms with Crippen molar-refractivity contribution < 1.29 is 9.53 Å².